The minimum atomic E-state index is 0.105. The average molecular weight is 394 g/mol. The number of rotatable bonds is 9. The van der Waals surface area contributed by atoms with E-state index in [0.29, 0.717) is 12.3 Å². The van der Waals surface area contributed by atoms with E-state index in [9.17, 15) is 4.79 Å². The Morgan fingerprint density at radius 1 is 1.07 bits per heavy atom. The maximum absolute atomic E-state index is 12.0. The first-order chi connectivity index (χ1) is 13.6. The van der Waals surface area contributed by atoms with Gasteiger partial charge in [-0.15, -0.1) is 11.8 Å². The lowest BCUT2D eigenvalue weighted by atomic mass is 10.1. The number of aromatic nitrogens is 2. The second kappa shape index (κ2) is 10.1. The van der Waals surface area contributed by atoms with Crippen molar-refractivity contribution < 1.29 is 4.79 Å². The van der Waals surface area contributed by atoms with Crippen molar-refractivity contribution in [3.8, 4) is 5.69 Å². The molecule has 0 unspecified atom stereocenters. The highest BCUT2D eigenvalue weighted by Gasteiger charge is 2.07. The van der Waals surface area contributed by atoms with Crippen LogP contribution in [0, 0.1) is 13.8 Å². The first-order valence-corrected chi connectivity index (χ1v) is 10.8. The number of carbonyl (C=O) groups is 1. The number of hydrogen-bond acceptors (Lipinski definition) is 3. The lowest BCUT2D eigenvalue weighted by molar-refractivity contribution is -0.118. The van der Waals surface area contributed by atoms with Gasteiger partial charge in [-0.25, -0.2) is 4.68 Å². The number of hydrogen-bond donors (Lipinski definition) is 1. The zero-order chi connectivity index (χ0) is 19.8. The lowest BCUT2D eigenvalue weighted by Crippen LogP contribution is -2.26. The predicted molar refractivity (Wildman–Crippen MR) is 117 cm³/mol. The molecule has 2 aromatic carbocycles. The van der Waals surface area contributed by atoms with Gasteiger partial charge in [0.25, 0.3) is 0 Å². The van der Waals surface area contributed by atoms with E-state index in [1.54, 1.807) is 11.8 Å². The fourth-order valence-corrected chi connectivity index (χ4v) is 3.78. The van der Waals surface area contributed by atoms with Gasteiger partial charge in [-0.1, -0.05) is 48.0 Å². The Morgan fingerprint density at radius 2 is 1.82 bits per heavy atom. The van der Waals surface area contributed by atoms with Gasteiger partial charge in [0, 0.05) is 18.5 Å². The highest BCUT2D eigenvalue weighted by Crippen LogP contribution is 2.14. The SMILES string of the molecule is Cc1ccc(CSCC(=O)NCCCc2cn(-c3ccccc3)nc2C)cc1. The number of nitrogens with zero attached hydrogens (tertiary/aromatic N) is 2. The molecule has 28 heavy (non-hydrogen) atoms. The Bertz CT molecular complexity index is 888. The number of para-hydroxylation sites is 1. The molecule has 0 saturated carbocycles. The number of nitrogens with one attached hydrogen (secondary N) is 1. The summed E-state index contributed by atoms with van der Waals surface area (Å²) >= 11 is 1.65. The third-order valence-electron chi connectivity index (χ3n) is 4.59. The summed E-state index contributed by atoms with van der Waals surface area (Å²) in [7, 11) is 0. The van der Waals surface area contributed by atoms with Crippen LogP contribution in [-0.2, 0) is 17.0 Å². The molecule has 0 fully saturated rings. The quantitative estimate of drug-likeness (QED) is 0.546. The van der Waals surface area contributed by atoms with Gasteiger partial charge in [0.2, 0.25) is 5.91 Å². The van der Waals surface area contributed by atoms with E-state index in [-0.39, 0.29) is 5.91 Å². The maximum Gasteiger partial charge on any atom is 0.230 e. The largest absolute Gasteiger partial charge is 0.355 e. The van der Waals surface area contributed by atoms with Crippen LogP contribution in [0.25, 0.3) is 5.69 Å². The van der Waals surface area contributed by atoms with Crippen molar-refractivity contribution in [1.29, 1.82) is 0 Å². The molecule has 0 saturated heterocycles. The number of carbonyl (C=O) groups excluding carboxylic acids is 1. The van der Waals surface area contributed by atoms with Crippen LogP contribution < -0.4 is 5.32 Å². The van der Waals surface area contributed by atoms with E-state index in [0.717, 1.165) is 30.0 Å². The lowest BCUT2D eigenvalue weighted by Gasteiger charge is -2.05. The maximum atomic E-state index is 12.0. The summed E-state index contributed by atoms with van der Waals surface area (Å²) in [5.41, 5.74) is 5.86. The third-order valence-corrected chi connectivity index (χ3v) is 5.59. The summed E-state index contributed by atoms with van der Waals surface area (Å²) in [6.07, 6.45) is 3.91. The van der Waals surface area contributed by atoms with Crippen LogP contribution in [0.15, 0.2) is 60.8 Å². The molecule has 0 radical (unpaired) electrons. The predicted octanol–water partition coefficient (Wildman–Crippen LogP) is 4.47. The summed E-state index contributed by atoms with van der Waals surface area (Å²) in [4.78, 5) is 12.0. The summed E-state index contributed by atoms with van der Waals surface area (Å²) in [5.74, 6) is 1.47. The van der Waals surface area contributed by atoms with Crippen molar-refractivity contribution in [2.75, 3.05) is 12.3 Å². The topological polar surface area (TPSA) is 46.9 Å². The summed E-state index contributed by atoms with van der Waals surface area (Å²) in [6.45, 7) is 4.81. The molecule has 0 aliphatic rings. The van der Waals surface area contributed by atoms with Crippen LogP contribution in [0.5, 0.6) is 0 Å². The van der Waals surface area contributed by atoms with Crippen molar-refractivity contribution >= 4 is 17.7 Å². The van der Waals surface area contributed by atoms with Crippen molar-refractivity contribution in [3.63, 3.8) is 0 Å². The van der Waals surface area contributed by atoms with E-state index in [4.69, 9.17) is 0 Å². The molecule has 4 nitrogen and oxygen atoms in total. The third kappa shape index (κ3) is 5.99. The van der Waals surface area contributed by atoms with Gasteiger partial charge >= 0.3 is 0 Å². The molecule has 1 heterocycles. The molecule has 5 heteroatoms. The Morgan fingerprint density at radius 3 is 2.57 bits per heavy atom. The van der Waals surface area contributed by atoms with E-state index in [1.807, 2.05) is 41.9 Å². The second-order valence-electron chi connectivity index (χ2n) is 6.95. The van der Waals surface area contributed by atoms with Crippen molar-refractivity contribution in [2.45, 2.75) is 32.4 Å². The van der Waals surface area contributed by atoms with Gasteiger partial charge in [0.05, 0.1) is 17.1 Å². The molecular weight excluding hydrogens is 366 g/mol. The van der Waals surface area contributed by atoms with Crippen LogP contribution in [0.4, 0.5) is 0 Å². The molecule has 0 aliphatic heterocycles. The van der Waals surface area contributed by atoms with E-state index in [2.05, 4.69) is 47.8 Å². The zero-order valence-corrected chi connectivity index (χ0v) is 17.3. The second-order valence-corrected chi connectivity index (χ2v) is 7.94. The Hall–Kier alpha value is -2.53. The van der Waals surface area contributed by atoms with Crippen LogP contribution in [0.2, 0.25) is 0 Å². The van der Waals surface area contributed by atoms with Gasteiger partial charge in [0.15, 0.2) is 0 Å². The highest BCUT2D eigenvalue weighted by molar-refractivity contribution is 7.99. The van der Waals surface area contributed by atoms with Crippen LogP contribution >= 0.6 is 11.8 Å². The van der Waals surface area contributed by atoms with Crippen LogP contribution in [0.1, 0.15) is 28.8 Å². The minimum absolute atomic E-state index is 0.105. The Balaban J connectivity index is 1.36. The molecule has 1 amide bonds. The Kier molecular flexibility index (Phi) is 7.31. The number of thioether (sulfide) groups is 1. The van der Waals surface area contributed by atoms with Gasteiger partial charge in [-0.05, 0) is 49.9 Å². The first kappa shape index (κ1) is 20.2. The van der Waals surface area contributed by atoms with Crippen molar-refractivity contribution in [3.05, 3.63) is 83.2 Å². The van der Waals surface area contributed by atoms with Crippen LogP contribution in [-0.4, -0.2) is 28.0 Å². The van der Waals surface area contributed by atoms with Gasteiger partial charge in [-0.3, -0.25) is 4.79 Å². The summed E-state index contributed by atoms with van der Waals surface area (Å²) in [6, 6.07) is 18.6. The molecule has 0 atom stereocenters. The number of aryl methyl sites for hydroxylation is 3. The minimum Gasteiger partial charge on any atom is -0.355 e. The van der Waals surface area contributed by atoms with Gasteiger partial charge in [0.1, 0.15) is 0 Å². The standard InChI is InChI=1S/C23H27N3OS/c1-18-10-12-20(13-11-18)16-28-17-23(27)24-14-6-7-21-15-26(25-19(21)2)22-8-4-3-5-9-22/h3-5,8-13,15H,6-7,14,16-17H2,1-2H3,(H,24,27). The normalized spacial score (nSPS) is 10.8. The molecular formula is C23H27N3OS. The fourth-order valence-electron chi connectivity index (χ4n) is 2.96. The van der Waals surface area contributed by atoms with E-state index >= 15 is 0 Å². The van der Waals surface area contributed by atoms with E-state index in [1.165, 1.54) is 16.7 Å². The van der Waals surface area contributed by atoms with Crippen molar-refractivity contribution in [1.82, 2.24) is 15.1 Å². The molecule has 1 N–H and O–H groups in total. The molecule has 1 aromatic heterocycles. The fraction of sp³-hybridized carbons (Fsp3) is 0.304. The number of amides is 1. The monoisotopic (exact) mass is 393 g/mol. The molecule has 0 spiro atoms. The van der Waals surface area contributed by atoms with Crippen LogP contribution in [0.3, 0.4) is 0 Å². The molecule has 3 rings (SSSR count). The number of benzene rings is 2. The summed E-state index contributed by atoms with van der Waals surface area (Å²) in [5, 5.41) is 7.61. The van der Waals surface area contributed by atoms with Gasteiger partial charge in [-0.2, -0.15) is 5.10 Å². The molecule has 146 valence electrons. The Labute approximate surface area is 171 Å². The molecule has 0 aliphatic carbocycles. The first-order valence-electron chi connectivity index (χ1n) is 9.62. The highest BCUT2D eigenvalue weighted by atomic mass is 32.2. The summed E-state index contributed by atoms with van der Waals surface area (Å²) < 4.78 is 1.92. The van der Waals surface area contributed by atoms with Gasteiger partial charge < -0.3 is 5.32 Å². The average Bonchev–Trinajstić information content (AvgIpc) is 3.08. The van der Waals surface area contributed by atoms with E-state index < -0.39 is 0 Å². The molecule has 0 bridgehead atoms. The zero-order valence-electron chi connectivity index (χ0n) is 16.5. The smallest absolute Gasteiger partial charge is 0.230 e. The molecule has 3 aromatic rings. The van der Waals surface area contributed by atoms with Crippen molar-refractivity contribution in [2.24, 2.45) is 0 Å².